The summed E-state index contributed by atoms with van der Waals surface area (Å²) in [6.07, 6.45) is 5.11. The molecule has 0 unspecified atom stereocenters. The Hall–Kier alpha value is -2.70. The van der Waals surface area contributed by atoms with Crippen LogP contribution >= 0.6 is 0 Å². The molecular weight excluding hydrogens is 306 g/mol. The van der Waals surface area contributed by atoms with Crippen LogP contribution in [0.1, 0.15) is 40.5 Å². The van der Waals surface area contributed by atoms with Gasteiger partial charge in [0, 0.05) is 51.3 Å². The van der Waals surface area contributed by atoms with Gasteiger partial charge in [-0.1, -0.05) is 0 Å². The van der Waals surface area contributed by atoms with Crippen LogP contribution in [0, 0.1) is 0 Å². The number of carbonyl (C=O) groups is 2. The molecule has 0 fully saturated rings. The zero-order chi connectivity index (χ0) is 17.1. The molecule has 0 N–H and O–H groups in total. The van der Waals surface area contributed by atoms with Crippen LogP contribution in [0.4, 0.5) is 0 Å². The van der Waals surface area contributed by atoms with Crippen molar-refractivity contribution in [3.05, 3.63) is 47.8 Å². The van der Waals surface area contributed by atoms with E-state index >= 15 is 0 Å². The molecule has 0 aromatic carbocycles. The minimum Gasteiger partial charge on any atom is -0.334 e. The summed E-state index contributed by atoms with van der Waals surface area (Å²) in [5.74, 6) is 0.0819. The number of hydrogen-bond donors (Lipinski definition) is 0. The van der Waals surface area contributed by atoms with Crippen LogP contribution in [0.2, 0.25) is 0 Å². The van der Waals surface area contributed by atoms with Gasteiger partial charge in [-0.2, -0.15) is 0 Å². The SMILES string of the molecule is CCN(Cc1ccncc1)C(=O)c1cn2c(n1)C(=O)N(CC)CC2. The molecule has 1 aliphatic rings. The van der Waals surface area contributed by atoms with Crippen molar-refractivity contribution in [1.29, 1.82) is 0 Å². The fourth-order valence-corrected chi connectivity index (χ4v) is 2.83. The van der Waals surface area contributed by atoms with Crippen molar-refractivity contribution in [3.63, 3.8) is 0 Å². The maximum Gasteiger partial charge on any atom is 0.289 e. The quantitative estimate of drug-likeness (QED) is 0.832. The molecule has 3 rings (SSSR count). The average molecular weight is 327 g/mol. The second-order valence-corrected chi connectivity index (χ2v) is 5.70. The summed E-state index contributed by atoms with van der Waals surface area (Å²) in [6.45, 7) is 6.91. The summed E-state index contributed by atoms with van der Waals surface area (Å²) >= 11 is 0. The number of imidazole rings is 1. The monoisotopic (exact) mass is 327 g/mol. The van der Waals surface area contributed by atoms with E-state index in [4.69, 9.17) is 0 Å². The Bertz CT molecular complexity index is 741. The van der Waals surface area contributed by atoms with E-state index in [2.05, 4.69) is 9.97 Å². The molecule has 2 aromatic heterocycles. The summed E-state index contributed by atoms with van der Waals surface area (Å²) in [5, 5.41) is 0. The standard InChI is InChI=1S/C17H21N5O2/c1-3-20-9-10-22-12-14(19-15(22)17(20)24)16(23)21(4-2)11-13-5-7-18-8-6-13/h5-8,12H,3-4,9-11H2,1-2H3. The molecule has 0 aliphatic carbocycles. The lowest BCUT2D eigenvalue weighted by atomic mass is 10.2. The Kier molecular flexibility index (Phi) is 4.59. The van der Waals surface area contributed by atoms with Crippen LogP contribution in [-0.4, -0.2) is 55.8 Å². The Morgan fingerprint density at radius 1 is 1.25 bits per heavy atom. The molecule has 0 radical (unpaired) electrons. The Labute approximate surface area is 140 Å². The van der Waals surface area contributed by atoms with Crippen LogP contribution in [0.3, 0.4) is 0 Å². The summed E-state index contributed by atoms with van der Waals surface area (Å²) in [6, 6.07) is 3.77. The second kappa shape index (κ2) is 6.82. The van der Waals surface area contributed by atoms with Crippen LogP contribution < -0.4 is 0 Å². The van der Waals surface area contributed by atoms with E-state index in [1.165, 1.54) is 0 Å². The van der Waals surface area contributed by atoms with E-state index in [9.17, 15) is 9.59 Å². The Morgan fingerprint density at radius 3 is 2.67 bits per heavy atom. The third-order valence-electron chi connectivity index (χ3n) is 4.26. The fourth-order valence-electron chi connectivity index (χ4n) is 2.83. The molecule has 2 aromatic rings. The second-order valence-electron chi connectivity index (χ2n) is 5.70. The van der Waals surface area contributed by atoms with Gasteiger partial charge in [-0.3, -0.25) is 14.6 Å². The highest BCUT2D eigenvalue weighted by Gasteiger charge is 2.28. The summed E-state index contributed by atoms with van der Waals surface area (Å²) < 4.78 is 1.78. The molecule has 1 aliphatic heterocycles. The first kappa shape index (κ1) is 16.2. The molecule has 126 valence electrons. The third kappa shape index (κ3) is 3.02. The summed E-state index contributed by atoms with van der Waals surface area (Å²) in [5.41, 5.74) is 1.34. The molecule has 24 heavy (non-hydrogen) atoms. The number of amides is 2. The number of aromatic nitrogens is 3. The molecule has 0 bridgehead atoms. The van der Waals surface area contributed by atoms with Crippen LogP contribution in [0.5, 0.6) is 0 Å². The number of fused-ring (bicyclic) bond motifs is 1. The molecule has 0 saturated heterocycles. The van der Waals surface area contributed by atoms with Gasteiger partial charge in [0.25, 0.3) is 11.8 Å². The molecule has 7 nitrogen and oxygen atoms in total. The van der Waals surface area contributed by atoms with Crippen molar-refractivity contribution in [1.82, 2.24) is 24.3 Å². The molecule has 0 atom stereocenters. The number of pyridine rings is 1. The predicted octanol–water partition coefficient (Wildman–Crippen LogP) is 1.42. The van der Waals surface area contributed by atoms with Crippen LogP contribution in [-0.2, 0) is 13.1 Å². The largest absolute Gasteiger partial charge is 0.334 e. The van der Waals surface area contributed by atoms with Gasteiger partial charge in [0.1, 0.15) is 5.69 Å². The van der Waals surface area contributed by atoms with E-state index in [1.54, 1.807) is 33.0 Å². The van der Waals surface area contributed by atoms with Crippen molar-refractivity contribution >= 4 is 11.8 Å². The maximum atomic E-state index is 12.8. The first-order valence-electron chi connectivity index (χ1n) is 8.18. The van der Waals surface area contributed by atoms with Gasteiger partial charge in [-0.25, -0.2) is 4.98 Å². The van der Waals surface area contributed by atoms with Crippen molar-refractivity contribution in [2.45, 2.75) is 26.9 Å². The summed E-state index contributed by atoms with van der Waals surface area (Å²) in [4.78, 5) is 36.8. The molecule has 3 heterocycles. The van der Waals surface area contributed by atoms with E-state index in [0.717, 1.165) is 5.56 Å². The Balaban J connectivity index is 1.81. The Morgan fingerprint density at radius 2 is 2.00 bits per heavy atom. The van der Waals surface area contributed by atoms with Gasteiger partial charge in [0.05, 0.1) is 0 Å². The smallest absolute Gasteiger partial charge is 0.289 e. The first-order valence-corrected chi connectivity index (χ1v) is 8.18. The highest BCUT2D eigenvalue weighted by atomic mass is 16.2. The van der Waals surface area contributed by atoms with Crippen molar-refractivity contribution in [3.8, 4) is 0 Å². The molecule has 7 heteroatoms. The number of likely N-dealkylation sites (N-methyl/N-ethyl adjacent to an activating group) is 1. The minimum absolute atomic E-state index is 0.111. The van der Waals surface area contributed by atoms with Gasteiger partial charge in [0.2, 0.25) is 0 Å². The lowest BCUT2D eigenvalue weighted by molar-refractivity contribution is 0.0707. The van der Waals surface area contributed by atoms with Crippen molar-refractivity contribution in [2.75, 3.05) is 19.6 Å². The third-order valence-corrected chi connectivity index (χ3v) is 4.26. The molecular formula is C17H21N5O2. The van der Waals surface area contributed by atoms with E-state index in [1.807, 2.05) is 26.0 Å². The van der Waals surface area contributed by atoms with Crippen molar-refractivity contribution < 1.29 is 9.59 Å². The number of rotatable bonds is 5. The highest BCUT2D eigenvalue weighted by Crippen LogP contribution is 2.15. The zero-order valence-corrected chi connectivity index (χ0v) is 14.0. The lowest BCUT2D eigenvalue weighted by Crippen LogP contribution is -2.40. The van der Waals surface area contributed by atoms with Gasteiger partial charge in [-0.15, -0.1) is 0 Å². The number of carbonyl (C=O) groups excluding carboxylic acids is 2. The number of hydrogen-bond acceptors (Lipinski definition) is 4. The van der Waals surface area contributed by atoms with Gasteiger partial charge in [-0.05, 0) is 31.5 Å². The molecule has 0 saturated carbocycles. The normalized spacial score (nSPS) is 13.8. The lowest BCUT2D eigenvalue weighted by Gasteiger charge is -2.25. The average Bonchev–Trinajstić information content (AvgIpc) is 3.05. The predicted molar refractivity (Wildman–Crippen MR) is 88.5 cm³/mol. The topological polar surface area (TPSA) is 71.3 Å². The van der Waals surface area contributed by atoms with Crippen LogP contribution in [0.25, 0.3) is 0 Å². The fraction of sp³-hybridized carbons (Fsp3) is 0.412. The zero-order valence-electron chi connectivity index (χ0n) is 14.0. The van der Waals surface area contributed by atoms with Gasteiger partial charge < -0.3 is 14.4 Å². The van der Waals surface area contributed by atoms with Crippen molar-refractivity contribution in [2.24, 2.45) is 0 Å². The van der Waals surface area contributed by atoms with Gasteiger partial charge >= 0.3 is 0 Å². The number of nitrogens with zero attached hydrogens (tertiary/aromatic N) is 5. The summed E-state index contributed by atoms with van der Waals surface area (Å²) in [7, 11) is 0. The first-order chi connectivity index (χ1) is 11.6. The van der Waals surface area contributed by atoms with E-state index in [0.29, 0.717) is 44.2 Å². The van der Waals surface area contributed by atoms with Crippen LogP contribution in [0.15, 0.2) is 30.7 Å². The minimum atomic E-state index is -0.160. The molecule has 2 amide bonds. The highest BCUT2D eigenvalue weighted by molar-refractivity contribution is 5.96. The van der Waals surface area contributed by atoms with Gasteiger partial charge in [0.15, 0.2) is 5.82 Å². The van der Waals surface area contributed by atoms with E-state index < -0.39 is 0 Å². The van der Waals surface area contributed by atoms with E-state index in [-0.39, 0.29) is 11.8 Å². The maximum absolute atomic E-state index is 12.8. The molecule has 0 spiro atoms.